The number of aromatic nitrogens is 1. The molecule has 3 rings (SSSR count). The van der Waals surface area contributed by atoms with Crippen LogP contribution in [0.25, 0.3) is 0 Å². The Bertz CT molecular complexity index is 1300. The number of esters is 2. The molecule has 0 N–H and O–H groups in total. The maximum absolute atomic E-state index is 13.1. The summed E-state index contributed by atoms with van der Waals surface area (Å²) in [6.07, 6.45) is -0.0308. The van der Waals surface area contributed by atoms with Gasteiger partial charge in [-0.3, -0.25) is 14.4 Å². The molecule has 0 aliphatic rings. The number of Topliss-reactive ketones (excluding diaryl/α,β-unsaturated/α-hetero) is 1. The van der Waals surface area contributed by atoms with Crippen molar-refractivity contribution >= 4 is 17.7 Å². The van der Waals surface area contributed by atoms with E-state index in [0.29, 0.717) is 5.75 Å². The van der Waals surface area contributed by atoms with Crippen LogP contribution in [0.1, 0.15) is 60.5 Å². The number of ether oxygens (including phenoxy) is 5. The standard InChI is InChI=1S/C31H35NO8/c1-19-7-11-24(12-8-19)29(40-25-13-9-20(2)10-14-25)22(4)39-31(35)21(3)17-26(34)28-30(38-18-37-23(5)33)27(36-6)15-16-32-28/h7-16,21-22,29H,17-18H2,1-6H3/t21-,22+,29+/m1/s1. The lowest BCUT2D eigenvalue weighted by atomic mass is 10.0. The van der Waals surface area contributed by atoms with Crippen molar-refractivity contribution in [2.75, 3.05) is 13.9 Å². The van der Waals surface area contributed by atoms with Gasteiger partial charge in [0.25, 0.3) is 0 Å². The van der Waals surface area contributed by atoms with Gasteiger partial charge in [-0.15, -0.1) is 0 Å². The minimum Gasteiger partial charge on any atom is -0.493 e. The first-order valence-corrected chi connectivity index (χ1v) is 12.9. The van der Waals surface area contributed by atoms with Gasteiger partial charge in [0.05, 0.1) is 13.0 Å². The van der Waals surface area contributed by atoms with Crippen LogP contribution >= 0.6 is 0 Å². The fraction of sp³-hybridized carbons (Fsp3) is 0.355. The van der Waals surface area contributed by atoms with Gasteiger partial charge in [-0.05, 0) is 38.5 Å². The number of hydrogen-bond acceptors (Lipinski definition) is 9. The molecule has 212 valence electrons. The van der Waals surface area contributed by atoms with Crippen LogP contribution in [0.15, 0.2) is 60.8 Å². The van der Waals surface area contributed by atoms with Crippen LogP contribution < -0.4 is 14.2 Å². The normalized spacial score (nSPS) is 12.9. The van der Waals surface area contributed by atoms with E-state index in [1.54, 1.807) is 13.8 Å². The highest BCUT2D eigenvalue weighted by Gasteiger charge is 2.29. The van der Waals surface area contributed by atoms with E-state index in [4.69, 9.17) is 23.7 Å². The topological polar surface area (TPSA) is 110 Å². The van der Waals surface area contributed by atoms with Gasteiger partial charge in [-0.1, -0.05) is 54.4 Å². The molecule has 0 saturated heterocycles. The van der Waals surface area contributed by atoms with Crippen molar-refractivity contribution in [2.24, 2.45) is 5.92 Å². The smallest absolute Gasteiger partial charge is 0.309 e. The monoisotopic (exact) mass is 549 g/mol. The molecule has 0 bridgehead atoms. The molecule has 3 aromatic rings. The van der Waals surface area contributed by atoms with E-state index < -0.39 is 42.6 Å². The minimum absolute atomic E-state index is 0.0242. The first-order chi connectivity index (χ1) is 19.1. The Balaban J connectivity index is 1.73. The zero-order chi connectivity index (χ0) is 29.2. The molecule has 0 saturated carbocycles. The fourth-order valence-electron chi connectivity index (χ4n) is 3.87. The molecule has 9 nitrogen and oxygen atoms in total. The molecular weight excluding hydrogens is 514 g/mol. The molecule has 1 aromatic heterocycles. The van der Waals surface area contributed by atoms with Crippen LogP contribution in [-0.2, 0) is 19.1 Å². The van der Waals surface area contributed by atoms with Gasteiger partial charge in [-0.2, -0.15) is 0 Å². The maximum atomic E-state index is 13.1. The number of hydrogen-bond donors (Lipinski definition) is 0. The van der Waals surface area contributed by atoms with Gasteiger partial charge in [0.15, 0.2) is 29.1 Å². The van der Waals surface area contributed by atoms with Crippen LogP contribution in [0.2, 0.25) is 0 Å². The SMILES string of the molecule is COc1ccnc(C(=O)C[C@@H](C)C(=O)O[C@@H](C)[C@H](Oc2ccc(C)cc2)c2ccc(C)cc2)c1OCOC(C)=O. The largest absolute Gasteiger partial charge is 0.493 e. The van der Waals surface area contributed by atoms with Crippen molar-refractivity contribution in [3.8, 4) is 17.2 Å². The van der Waals surface area contributed by atoms with E-state index in [-0.39, 0.29) is 23.6 Å². The van der Waals surface area contributed by atoms with Crippen molar-refractivity contribution < 1.29 is 38.1 Å². The maximum Gasteiger partial charge on any atom is 0.309 e. The van der Waals surface area contributed by atoms with Gasteiger partial charge in [-0.25, -0.2) is 4.98 Å². The number of aryl methyl sites for hydroxylation is 2. The lowest BCUT2D eigenvalue weighted by molar-refractivity contribution is -0.157. The molecule has 3 atom stereocenters. The quantitative estimate of drug-likeness (QED) is 0.154. The van der Waals surface area contributed by atoms with E-state index in [1.807, 2.05) is 62.4 Å². The summed E-state index contributed by atoms with van der Waals surface area (Å²) in [5.74, 6) is -1.44. The highest BCUT2D eigenvalue weighted by Crippen LogP contribution is 2.32. The minimum atomic E-state index is -0.790. The zero-order valence-electron chi connectivity index (χ0n) is 23.6. The third-order valence-corrected chi connectivity index (χ3v) is 6.13. The lowest BCUT2D eigenvalue weighted by Crippen LogP contribution is -2.30. The van der Waals surface area contributed by atoms with Gasteiger partial charge < -0.3 is 23.7 Å². The summed E-state index contributed by atoms with van der Waals surface area (Å²) in [5, 5.41) is 0. The van der Waals surface area contributed by atoms with E-state index in [9.17, 15) is 14.4 Å². The highest BCUT2D eigenvalue weighted by atomic mass is 16.7. The summed E-state index contributed by atoms with van der Waals surface area (Å²) in [7, 11) is 1.41. The van der Waals surface area contributed by atoms with Crippen molar-refractivity contribution in [2.45, 2.75) is 53.2 Å². The number of carbonyl (C=O) groups excluding carboxylic acids is 3. The molecule has 40 heavy (non-hydrogen) atoms. The van der Waals surface area contributed by atoms with Crippen LogP contribution in [0.5, 0.6) is 17.2 Å². The molecule has 0 fully saturated rings. The Morgan fingerprint density at radius 3 is 2.12 bits per heavy atom. The van der Waals surface area contributed by atoms with Crippen LogP contribution in [0.4, 0.5) is 0 Å². The molecule has 2 aromatic carbocycles. The molecule has 0 aliphatic carbocycles. The Hall–Kier alpha value is -4.40. The Kier molecular flexibility index (Phi) is 10.6. The second kappa shape index (κ2) is 14.1. The summed E-state index contributed by atoms with van der Waals surface area (Å²) < 4.78 is 27.6. The highest BCUT2D eigenvalue weighted by molar-refractivity contribution is 5.99. The first-order valence-electron chi connectivity index (χ1n) is 12.9. The summed E-state index contributed by atoms with van der Waals surface area (Å²) >= 11 is 0. The Morgan fingerprint density at radius 2 is 1.52 bits per heavy atom. The van der Waals surface area contributed by atoms with E-state index in [1.165, 1.54) is 26.3 Å². The summed E-state index contributed by atoms with van der Waals surface area (Å²) in [4.78, 5) is 41.5. The average Bonchev–Trinajstić information content (AvgIpc) is 2.93. The number of benzene rings is 2. The van der Waals surface area contributed by atoms with Gasteiger partial charge in [0.2, 0.25) is 6.79 Å². The van der Waals surface area contributed by atoms with Crippen LogP contribution in [0, 0.1) is 19.8 Å². The number of nitrogens with zero attached hydrogens (tertiary/aromatic N) is 1. The number of methoxy groups -OCH3 is 1. The average molecular weight is 550 g/mol. The van der Waals surface area contributed by atoms with Crippen molar-refractivity contribution in [1.29, 1.82) is 0 Å². The molecular formula is C31H35NO8. The Labute approximate surface area is 234 Å². The first kappa shape index (κ1) is 30.1. The molecule has 0 amide bonds. The third kappa shape index (κ3) is 8.30. The number of ketones is 1. The van der Waals surface area contributed by atoms with Gasteiger partial charge >= 0.3 is 11.9 Å². The summed E-state index contributed by atoms with van der Waals surface area (Å²) in [6, 6.07) is 17.0. The van der Waals surface area contributed by atoms with Crippen LogP contribution in [-0.4, -0.2) is 42.7 Å². The van der Waals surface area contributed by atoms with Crippen molar-refractivity contribution in [3.05, 3.63) is 83.2 Å². The number of pyridine rings is 1. The molecule has 1 heterocycles. The number of rotatable bonds is 13. The molecule has 0 unspecified atom stereocenters. The summed E-state index contributed by atoms with van der Waals surface area (Å²) in [5.41, 5.74) is 3.00. The fourth-order valence-corrected chi connectivity index (χ4v) is 3.87. The predicted molar refractivity (Wildman–Crippen MR) is 147 cm³/mol. The number of carbonyl (C=O) groups is 3. The zero-order valence-corrected chi connectivity index (χ0v) is 23.6. The second-order valence-electron chi connectivity index (χ2n) is 9.52. The molecule has 9 heteroatoms. The third-order valence-electron chi connectivity index (χ3n) is 6.13. The van der Waals surface area contributed by atoms with Crippen molar-refractivity contribution in [3.63, 3.8) is 0 Å². The van der Waals surface area contributed by atoms with E-state index in [2.05, 4.69) is 4.98 Å². The second-order valence-corrected chi connectivity index (χ2v) is 9.52. The molecule has 0 spiro atoms. The molecule has 0 aliphatic heterocycles. The van der Waals surface area contributed by atoms with Gasteiger partial charge in [0, 0.05) is 25.6 Å². The van der Waals surface area contributed by atoms with Gasteiger partial charge in [0.1, 0.15) is 11.9 Å². The molecule has 0 radical (unpaired) electrons. The van der Waals surface area contributed by atoms with Crippen molar-refractivity contribution in [1.82, 2.24) is 4.98 Å². The van der Waals surface area contributed by atoms with E-state index >= 15 is 0 Å². The van der Waals surface area contributed by atoms with Crippen LogP contribution in [0.3, 0.4) is 0 Å². The predicted octanol–water partition coefficient (Wildman–Crippen LogP) is 5.57. The lowest BCUT2D eigenvalue weighted by Gasteiger charge is -2.27. The summed E-state index contributed by atoms with van der Waals surface area (Å²) in [6.45, 7) is 8.16. The van der Waals surface area contributed by atoms with E-state index in [0.717, 1.165) is 16.7 Å². The Morgan fingerprint density at radius 1 is 0.900 bits per heavy atom.